The Morgan fingerprint density at radius 3 is 2.72 bits per heavy atom. The molecule has 4 rings (SSSR count). The predicted molar refractivity (Wildman–Crippen MR) is 117 cm³/mol. The third-order valence-corrected chi connectivity index (χ3v) is 5.40. The molecule has 0 aliphatic rings. The fourth-order valence-electron chi connectivity index (χ4n) is 3.61. The number of aromatic nitrogens is 4. The van der Waals surface area contributed by atoms with Crippen LogP contribution in [0.1, 0.15) is 33.0 Å². The van der Waals surface area contributed by atoms with Gasteiger partial charge in [0.2, 0.25) is 0 Å². The summed E-state index contributed by atoms with van der Waals surface area (Å²) in [4.78, 5) is 13.7. The average molecular weight is 390 g/mol. The summed E-state index contributed by atoms with van der Waals surface area (Å²) < 4.78 is 7.95. The van der Waals surface area contributed by atoms with Crippen molar-refractivity contribution in [3.8, 4) is 11.1 Å². The van der Waals surface area contributed by atoms with E-state index in [2.05, 4.69) is 46.6 Å². The molecule has 2 N–H and O–H groups in total. The van der Waals surface area contributed by atoms with E-state index >= 15 is 0 Å². The lowest BCUT2D eigenvalue weighted by Crippen LogP contribution is -2.11. The lowest BCUT2D eigenvalue weighted by molar-refractivity contribution is 0.125. The highest BCUT2D eigenvalue weighted by atomic mass is 16.5. The molecule has 0 amide bonds. The highest BCUT2D eigenvalue weighted by Gasteiger charge is 2.19. The molecule has 0 radical (unpaired) electrons. The fourth-order valence-corrected chi connectivity index (χ4v) is 3.61. The number of hydrogen-bond acceptors (Lipinski definition) is 5. The van der Waals surface area contributed by atoms with Gasteiger partial charge in [0, 0.05) is 36.5 Å². The molecule has 0 saturated carbocycles. The largest absolute Gasteiger partial charge is 0.382 e. The van der Waals surface area contributed by atoms with Gasteiger partial charge >= 0.3 is 0 Å². The molecule has 0 spiro atoms. The number of imidazole rings is 1. The molecule has 6 heteroatoms. The minimum atomic E-state index is 0.455. The average Bonchev–Trinajstić information content (AvgIpc) is 3.11. The van der Waals surface area contributed by atoms with E-state index in [1.54, 1.807) is 6.20 Å². The molecular weight excluding hydrogens is 362 g/mol. The number of hydrogen-bond donors (Lipinski definition) is 1. The molecule has 3 heterocycles. The summed E-state index contributed by atoms with van der Waals surface area (Å²) in [5, 5.41) is 1.06. The number of pyridine rings is 2. The minimum Gasteiger partial charge on any atom is -0.382 e. The first kappa shape index (κ1) is 19.3. The van der Waals surface area contributed by atoms with Crippen LogP contribution in [0.4, 0.5) is 5.82 Å². The molecular formula is C23H27N5O. The van der Waals surface area contributed by atoms with Crippen LogP contribution < -0.4 is 5.73 Å². The van der Waals surface area contributed by atoms with Crippen molar-refractivity contribution in [3.05, 3.63) is 48.5 Å². The molecule has 1 atom stereocenters. The Morgan fingerprint density at radius 1 is 1.14 bits per heavy atom. The van der Waals surface area contributed by atoms with Gasteiger partial charge in [0.1, 0.15) is 17.9 Å². The summed E-state index contributed by atoms with van der Waals surface area (Å²) in [5.41, 5.74) is 11.1. The number of rotatable bonds is 7. The molecule has 0 saturated heterocycles. The zero-order valence-electron chi connectivity index (χ0n) is 17.2. The summed E-state index contributed by atoms with van der Waals surface area (Å²) in [6.45, 7) is 8.45. The first-order chi connectivity index (χ1) is 14.1. The van der Waals surface area contributed by atoms with Crippen LogP contribution in [0.3, 0.4) is 0 Å². The Morgan fingerprint density at radius 2 is 2.00 bits per heavy atom. The Labute approximate surface area is 170 Å². The quantitative estimate of drug-likeness (QED) is 0.491. The number of anilines is 1. The summed E-state index contributed by atoms with van der Waals surface area (Å²) in [7, 11) is 0. The van der Waals surface area contributed by atoms with Crippen LogP contribution in [0.15, 0.2) is 42.7 Å². The van der Waals surface area contributed by atoms with E-state index in [1.807, 2.05) is 25.3 Å². The number of fused-ring (bicyclic) bond motifs is 3. The molecule has 1 unspecified atom stereocenters. The molecule has 29 heavy (non-hydrogen) atoms. The van der Waals surface area contributed by atoms with Crippen LogP contribution in [0.2, 0.25) is 0 Å². The van der Waals surface area contributed by atoms with E-state index in [9.17, 15) is 0 Å². The summed E-state index contributed by atoms with van der Waals surface area (Å²) in [5.74, 6) is 1.88. The zero-order valence-corrected chi connectivity index (χ0v) is 17.2. The van der Waals surface area contributed by atoms with Gasteiger partial charge in [-0.25, -0.2) is 9.97 Å². The van der Waals surface area contributed by atoms with Gasteiger partial charge in [-0.1, -0.05) is 38.5 Å². The molecule has 1 aromatic carbocycles. The van der Waals surface area contributed by atoms with E-state index in [4.69, 9.17) is 15.5 Å². The SMILES string of the molecule is CCOCc1nc2c(N)nc3cc(-c4cccnc4)ccc3c2n1CC(C)CC. The Hall–Kier alpha value is -2.99. The molecule has 0 bridgehead atoms. The smallest absolute Gasteiger partial charge is 0.152 e. The maximum Gasteiger partial charge on any atom is 0.152 e. The van der Waals surface area contributed by atoms with Crippen molar-refractivity contribution in [3.63, 3.8) is 0 Å². The lowest BCUT2D eigenvalue weighted by atomic mass is 10.0. The fraction of sp³-hybridized carbons (Fsp3) is 0.348. The highest BCUT2D eigenvalue weighted by molar-refractivity contribution is 6.07. The second kappa shape index (κ2) is 8.17. The molecule has 3 aromatic heterocycles. The Kier molecular flexibility index (Phi) is 5.45. The topological polar surface area (TPSA) is 78.8 Å². The van der Waals surface area contributed by atoms with Crippen LogP contribution >= 0.6 is 0 Å². The Balaban J connectivity index is 1.94. The maximum atomic E-state index is 6.35. The summed E-state index contributed by atoms with van der Waals surface area (Å²) in [6, 6.07) is 10.3. The maximum absolute atomic E-state index is 6.35. The summed E-state index contributed by atoms with van der Waals surface area (Å²) >= 11 is 0. The monoisotopic (exact) mass is 389 g/mol. The Bertz CT molecular complexity index is 1140. The molecule has 4 aromatic rings. The van der Waals surface area contributed by atoms with Crippen LogP contribution in [0.5, 0.6) is 0 Å². The van der Waals surface area contributed by atoms with Gasteiger partial charge in [-0.15, -0.1) is 0 Å². The first-order valence-corrected chi connectivity index (χ1v) is 10.2. The van der Waals surface area contributed by atoms with E-state index in [1.165, 1.54) is 0 Å². The van der Waals surface area contributed by atoms with Crippen molar-refractivity contribution in [2.45, 2.75) is 40.3 Å². The highest BCUT2D eigenvalue weighted by Crippen LogP contribution is 2.32. The molecule has 0 aliphatic heterocycles. The van der Waals surface area contributed by atoms with E-state index in [-0.39, 0.29) is 0 Å². The van der Waals surface area contributed by atoms with Gasteiger partial charge in [-0.3, -0.25) is 4.98 Å². The van der Waals surface area contributed by atoms with Crippen LogP contribution in [-0.2, 0) is 17.9 Å². The van der Waals surface area contributed by atoms with Crippen molar-refractivity contribution in [1.29, 1.82) is 0 Å². The van der Waals surface area contributed by atoms with Gasteiger partial charge in [-0.2, -0.15) is 0 Å². The molecule has 150 valence electrons. The second-order valence-electron chi connectivity index (χ2n) is 7.46. The molecule has 0 fully saturated rings. The molecule has 6 nitrogen and oxygen atoms in total. The van der Waals surface area contributed by atoms with Crippen molar-refractivity contribution in [1.82, 2.24) is 19.5 Å². The first-order valence-electron chi connectivity index (χ1n) is 10.2. The second-order valence-corrected chi connectivity index (χ2v) is 7.46. The number of nitrogens with zero attached hydrogens (tertiary/aromatic N) is 4. The van der Waals surface area contributed by atoms with Crippen molar-refractivity contribution in [2.24, 2.45) is 5.92 Å². The van der Waals surface area contributed by atoms with Crippen LogP contribution in [0.25, 0.3) is 33.1 Å². The predicted octanol–water partition coefficient (Wildman–Crippen LogP) is 4.81. The number of ether oxygens (including phenoxy) is 1. The molecule has 0 aliphatic carbocycles. The van der Waals surface area contributed by atoms with Crippen molar-refractivity contribution >= 4 is 27.8 Å². The van der Waals surface area contributed by atoms with E-state index < -0.39 is 0 Å². The lowest BCUT2D eigenvalue weighted by Gasteiger charge is -2.15. The zero-order chi connectivity index (χ0) is 20.4. The number of nitrogen functional groups attached to an aromatic ring is 1. The normalized spacial score (nSPS) is 12.7. The van der Waals surface area contributed by atoms with E-state index in [0.29, 0.717) is 24.9 Å². The van der Waals surface area contributed by atoms with E-state index in [0.717, 1.165) is 51.9 Å². The van der Waals surface area contributed by atoms with Gasteiger partial charge in [0.05, 0.1) is 11.0 Å². The number of benzene rings is 1. The van der Waals surface area contributed by atoms with Crippen molar-refractivity contribution in [2.75, 3.05) is 12.3 Å². The van der Waals surface area contributed by atoms with Crippen molar-refractivity contribution < 1.29 is 4.74 Å². The minimum absolute atomic E-state index is 0.455. The van der Waals surface area contributed by atoms with Gasteiger partial charge in [-0.05, 0) is 30.5 Å². The summed E-state index contributed by atoms with van der Waals surface area (Å²) in [6.07, 6.45) is 4.73. The van der Waals surface area contributed by atoms with Crippen LogP contribution in [-0.4, -0.2) is 26.1 Å². The number of nitrogens with two attached hydrogens (primary N) is 1. The van der Waals surface area contributed by atoms with Gasteiger partial charge in [0.25, 0.3) is 0 Å². The standard InChI is InChI=1S/C23H27N5O/c1-4-15(3)13-28-20(14-29-5-2)27-21-22(28)18-9-8-16(11-19(18)26-23(21)24)17-7-6-10-25-12-17/h6-12,15H,4-5,13-14H2,1-3H3,(H2,24,26). The third kappa shape index (κ3) is 3.68. The van der Waals surface area contributed by atoms with Crippen LogP contribution in [0, 0.1) is 5.92 Å². The van der Waals surface area contributed by atoms with Gasteiger partial charge in [0.15, 0.2) is 5.82 Å². The van der Waals surface area contributed by atoms with Gasteiger partial charge < -0.3 is 15.0 Å². The third-order valence-electron chi connectivity index (χ3n) is 5.40.